The second-order valence-corrected chi connectivity index (χ2v) is 11.2. The molecule has 0 unspecified atom stereocenters. The highest BCUT2D eigenvalue weighted by molar-refractivity contribution is 6.04. The van der Waals surface area contributed by atoms with Crippen LogP contribution in [0.2, 0.25) is 0 Å². The Kier molecular flexibility index (Phi) is 10.1. The summed E-state index contributed by atoms with van der Waals surface area (Å²) in [5, 5.41) is 0. The molecule has 2 aromatic rings. The topological polar surface area (TPSA) is 31.2 Å². The second-order valence-electron chi connectivity index (χ2n) is 11.2. The van der Waals surface area contributed by atoms with E-state index in [1.165, 1.54) is 22.3 Å². The van der Waals surface area contributed by atoms with Gasteiger partial charge in [0.25, 0.3) is 0 Å². The molecule has 0 radical (unpaired) electrons. The summed E-state index contributed by atoms with van der Waals surface area (Å²) in [4.78, 5) is 14.9. The van der Waals surface area contributed by atoms with Crippen LogP contribution in [0.5, 0.6) is 0 Å². The molecule has 0 heterocycles. The Morgan fingerprint density at radius 3 is 1.00 bits per heavy atom. The first-order valence-corrected chi connectivity index (χ1v) is 13.1. The second kappa shape index (κ2) is 12.4. The van der Waals surface area contributed by atoms with Gasteiger partial charge in [-0.3, -0.25) is 0 Å². The number of aliphatic imine (C=N–C) groups is 2. The van der Waals surface area contributed by atoms with Crippen molar-refractivity contribution in [2.75, 3.05) is 28.2 Å². The van der Waals surface area contributed by atoms with Gasteiger partial charge in [0.05, 0.1) is 17.8 Å². The molecule has 0 amide bonds. The number of nitrogens with zero attached hydrogens (tertiary/aromatic N) is 4. The first-order chi connectivity index (χ1) is 16.3. The molecule has 0 saturated heterocycles. The molecule has 4 heteroatoms. The summed E-state index contributed by atoms with van der Waals surface area (Å²) in [6.07, 6.45) is 0.661. The van der Waals surface area contributed by atoms with E-state index in [0.717, 1.165) is 23.0 Å². The predicted molar refractivity (Wildman–Crippen MR) is 155 cm³/mol. The van der Waals surface area contributed by atoms with Crippen molar-refractivity contribution in [1.82, 2.24) is 9.80 Å². The van der Waals surface area contributed by atoms with Crippen molar-refractivity contribution in [2.24, 2.45) is 9.98 Å². The van der Waals surface area contributed by atoms with Gasteiger partial charge in [0.15, 0.2) is 0 Å². The van der Waals surface area contributed by atoms with Crippen LogP contribution >= 0.6 is 0 Å². The fourth-order valence-corrected chi connectivity index (χ4v) is 4.28. The lowest BCUT2D eigenvalue weighted by atomic mass is 9.93. The molecule has 0 N–H and O–H groups in total. The van der Waals surface area contributed by atoms with Crippen LogP contribution in [0.25, 0.3) is 0 Å². The molecule has 0 aliphatic heterocycles. The predicted octanol–water partition coefficient (Wildman–Crippen LogP) is 8.45. The zero-order chi connectivity index (χ0) is 26.4. The third-order valence-corrected chi connectivity index (χ3v) is 6.52. The van der Waals surface area contributed by atoms with Gasteiger partial charge < -0.3 is 9.80 Å². The van der Waals surface area contributed by atoms with E-state index in [-0.39, 0.29) is 0 Å². The van der Waals surface area contributed by atoms with Gasteiger partial charge in [-0.05, 0) is 45.9 Å². The number of benzene rings is 2. The summed E-state index contributed by atoms with van der Waals surface area (Å²) in [5.74, 6) is 3.66. The van der Waals surface area contributed by atoms with Crippen LogP contribution in [-0.4, -0.2) is 49.7 Å². The van der Waals surface area contributed by atoms with Crippen molar-refractivity contribution >= 4 is 23.0 Å². The Morgan fingerprint density at radius 2 is 0.800 bits per heavy atom. The standard InChI is InChI=1S/C31H48N4/c1-20(2)24-15-13-16-25(21(3)4)30(24)32-28(34(9)10)19-29(35(11)12)33-31-26(22(5)6)17-14-18-27(31)23(7)8/h13-18,20-23H,19H2,1-12H3. The van der Waals surface area contributed by atoms with Crippen molar-refractivity contribution in [3.8, 4) is 0 Å². The fourth-order valence-electron chi connectivity index (χ4n) is 4.28. The number of para-hydroxylation sites is 2. The van der Waals surface area contributed by atoms with Crippen molar-refractivity contribution < 1.29 is 0 Å². The Hall–Kier alpha value is -2.62. The van der Waals surface area contributed by atoms with Gasteiger partial charge in [-0.2, -0.15) is 0 Å². The molecule has 4 nitrogen and oxygen atoms in total. The Labute approximate surface area is 215 Å². The van der Waals surface area contributed by atoms with Crippen LogP contribution < -0.4 is 0 Å². The van der Waals surface area contributed by atoms with Gasteiger partial charge in [0.1, 0.15) is 11.7 Å². The highest BCUT2D eigenvalue weighted by Crippen LogP contribution is 2.37. The first-order valence-electron chi connectivity index (χ1n) is 13.1. The maximum absolute atomic E-state index is 5.31. The maximum atomic E-state index is 5.31. The Balaban J connectivity index is 2.71. The fraction of sp³-hybridized carbons (Fsp3) is 0.548. The lowest BCUT2D eigenvalue weighted by Gasteiger charge is -2.24. The van der Waals surface area contributed by atoms with E-state index in [9.17, 15) is 0 Å². The van der Waals surface area contributed by atoms with Gasteiger partial charge in [-0.25, -0.2) is 9.98 Å². The molecule has 192 valence electrons. The normalized spacial score (nSPS) is 12.9. The molecule has 0 aliphatic carbocycles. The number of rotatable bonds is 8. The molecular weight excluding hydrogens is 428 g/mol. The van der Waals surface area contributed by atoms with Gasteiger partial charge in [0, 0.05) is 28.2 Å². The van der Waals surface area contributed by atoms with Crippen LogP contribution in [0.3, 0.4) is 0 Å². The molecule has 0 atom stereocenters. The summed E-state index contributed by atoms with van der Waals surface area (Å²) >= 11 is 0. The zero-order valence-electron chi connectivity index (χ0n) is 24.3. The average molecular weight is 477 g/mol. The van der Waals surface area contributed by atoms with E-state index in [2.05, 4.69) is 130 Å². The van der Waals surface area contributed by atoms with E-state index in [0.29, 0.717) is 30.1 Å². The molecule has 0 aliphatic rings. The lowest BCUT2D eigenvalue weighted by Crippen LogP contribution is -2.31. The molecule has 0 fully saturated rings. The minimum Gasteiger partial charge on any atom is -0.366 e. The van der Waals surface area contributed by atoms with E-state index >= 15 is 0 Å². The molecule has 0 saturated carbocycles. The zero-order valence-corrected chi connectivity index (χ0v) is 24.3. The molecule has 2 aromatic carbocycles. The van der Waals surface area contributed by atoms with Crippen molar-refractivity contribution in [2.45, 2.75) is 85.5 Å². The number of amidine groups is 2. The van der Waals surface area contributed by atoms with Crippen LogP contribution in [0.1, 0.15) is 108 Å². The SMILES string of the molecule is CC(C)c1cccc(C(C)C)c1N=C(CC(=Nc1c(C(C)C)cccc1C(C)C)N(C)C)N(C)C. The van der Waals surface area contributed by atoms with E-state index in [1.807, 2.05) is 0 Å². The van der Waals surface area contributed by atoms with Crippen LogP contribution in [0, 0.1) is 0 Å². The van der Waals surface area contributed by atoms with Crippen LogP contribution in [0.15, 0.2) is 46.4 Å². The van der Waals surface area contributed by atoms with E-state index < -0.39 is 0 Å². The monoisotopic (exact) mass is 476 g/mol. The van der Waals surface area contributed by atoms with Gasteiger partial charge in [0.2, 0.25) is 0 Å². The summed E-state index contributed by atoms with van der Waals surface area (Å²) in [5.41, 5.74) is 7.42. The molecular formula is C31H48N4. The van der Waals surface area contributed by atoms with Crippen molar-refractivity contribution in [3.63, 3.8) is 0 Å². The quantitative estimate of drug-likeness (QED) is 0.283. The molecule has 2 rings (SSSR count). The van der Waals surface area contributed by atoms with Crippen molar-refractivity contribution in [1.29, 1.82) is 0 Å². The highest BCUT2D eigenvalue weighted by Gasteiger charge is 2.19. The highest BCUT2D eigenvalue weighted by atomic mass is 15.2. The summed E-state index contributed by atoms with van der Waals surface area (Å²) in [6.45, 7) is 18.0. The molecule has 0 aromatic heterocycles. The number of hydrogen-bond donors (Lipinski definition) is 0. The lowest BCUT2D eigenvalue weighted by molar-refractivity contribution is 0.587. The van der Waals surface area contributed by atoms with Gasteiger partial charge in [-0.15, -0.1) is 0 Å². The van der Waals surface area contributed by atoms with Crippen molar-refractivity contribution in [3.05, 3.63) is 58.7 Å². The number of hydrogen-bond acceptors (Lipinski definition) is 2. The summed E-state index contributed by atoms with van der Waals surface area (Å²) in [6, 6.07) is 13.2. The third-order valence-electron chi connectivity index (χ3n) is 6.52. The van der Waals surface area contributed by atoms with Gasteiger partial charge >= 0.3 is 0 Å². The molecule has 0 spiro atoms. The molecule has 35 heavy (non-hydrogen) atoms. The minimum absolute atomic E-state index is 0.407. The minimum atomic E-state index is 0.407. The Bertz CT molecular complexity index is 904. The van der Waals surface area contributed by atoms with E-state index in [1.54, 1.807) is 0 Å². The summed E-state index contributed by atoms with van der Waals surface area (Å²) < 4.78 is 0. The third kappa shape index (κ3) is 7.19. The Morgan fingerprint density at radius 1 is 0.543 bits per heavy atom. The largest absolute Gasteiger partial charge is 0.366 e. The van der Waals surface area contributed by atoms with Crippen LogP contribution in [0.4, 0.5) is 11.4 Å². The average Bonchev–Trinajstić information content (AvgIpc) is 2.77. The molecule has 0 bridgehead atoms. The maximum Gasteiger partial charge on any atom is 0.112 e. The summed E-state index contributed by atoms with van der Waals surface area (Å²) in [7, 11) is 8.34. The van der Waals surface area contributed by atoms with Crippen LogP contribution in [-0.2, 0) is 0 Å². The first kappa shape index (κ1) is 28.6. The van der Waals surface area contributed by atoms with Gasteiger partial charge in [-0.1, -0.05) is 91.8 Å². The smallest absolute Gasteiger partial charge is 0.112 e. The van der Waals surface area contributed by atoms with E-state index in [4.69, 9.17) is 9.98 Å².